The van der Waals surface area contributed by atoms with Crippen molar-refractivity contribution in [3.05, 3.63) is 52.5 Å². The van der Waals surface area contributed by atoms with Crippen LogP contribution in [0.5, 0.6) is 0 Å². The van der Waals surface area contributed by atoms with Crippen LogP contribution in [0.4, 0.5) is 0 Å². The molecule has 1 atom stereocenters. The molecule has 1 aliphatic heterocycles. The Bertz CT molecular complexity index is 1160. The number of carbonyl (C=O) groups is 4. The lowest BCUT2D eigenvalue weighted by Gasteiger charge is -2.40. The highest BCUT2D eigenvalue weighted by atomic mass is 35.5. The van der Waals surface area contributed by atoms with Crippen molar-refractivity contribution >= 4 is 46.9 Å². The maximum absolute atomic E-state index is 13.6. The number of methoxy groups -OCH3 is 1. The number of hydrogen-bond acceptors (Lipinski definition) is 7. The van der Waals surface area contributed by atoms with Gasteiger partial charge in [-0.15, -0.1) is 0 Å². The van der Waals surface area contributed by atoms with Gasteiger partial charge < -0.3 is 28.7 Å². The average molecular weight is 597 g/mol. The van der Waals surface area contributed by atoms with Crippen molar-refractivity contribution in [3.8, 4) is 0 Å². The van der Waals surface area contributed by atoms with Gasteiger partial charge in [-0.25, -0.2) is 4.98 Å². The molecule has 0 radical (unpaired) electrons. The van der Waals surface area contributed by atoms with Crippen molar-refractivity contribution in [2.45, 2.75) is 38.8 Å². The predicted octanol–water partition coefficient (Wildman–Crippen LogP) is 2.29. The third kappa shape index (κ3) is 8.94. The standard InChI is InChI=1S/C27H35Cl2N5O6/c1-3-40-26(37)18-32(10-4-9-31-12-8-30-19-31)24(35)16-23-27(38)33(17-25(36)34(23)13-14-39-2)11-7-20-5-6-21(28)15-22(20)29/h5-6,8,12,15,19,23H,3-4,7,9-11,13-14,16-18H2,1-2H3. The molecule has 0 N–H and O–H groups in total. The second-order valence-electron chi connectivity index (χ2n) is 9.32. The normalized spacial score (nSPS) is 15.4. The van der Waals surface area contributed by atoms with E-state index in [-0.39, 0.29) is 64.2 Å². The van der Waals surface area contributed by atoms with Crippen molar-refractivity contribution < 1.29 is 28.7 Å². The van der Waals surface area contributed by atoms with Crippen LogP contribution in [-0.4, -0.2) is 107 Å². The van der Waals surface area contributed by atoms with E-state index >= 15 is 0 Å². The fourth-order valence-corrected chi connectivity index (χ4v) is 5.00. The van der Waals surface area contributed by atoms with E-state index in [9.17, 15) is 19.2 Å². The lowest BCUT2D eigenvalue weighted by atomic mass is 10.0. The number of amides is 3. The van der Waals surface area contributed by atoms with Gasteiger partial charge in [-0.3, -0.25) is 19.2 Å². The van der Waals surface area contributed by atoms with E-state index in [4.69, 9.17) is 32.7 Å². The summed E-state index contributed by atoms with van der Waals surface area (Å²) >= 11 is 12.3. The van der Waals surface area contributed by atoms with Crippen molar-refractivity contribution in [1.29, 1.82) is 0 Å². The Labute approximate surface area is 243 Å². The summed E-state index contributed by atoms with van der Waals surface area (Å²) in [6.45, 7) is 2.98. The zero-order valence-corrected chi connectivity index (χ0v) is 24.3. The number of esters is 1. The predicted molar refractivity (Wildman–Crippen MR) is 149 cm³/mol. The molecular formula is C27H35Cl2N5O6. The summed E-state index contributed by atoms with van der Waals surface area (Å²) in [6.07, 6.45) is 5.84. The Balaban J connectivity index is 1.74. The highest BCUT2D eigenvalue weighted by Gasteiger charge is 2.41. The maximum Gasteiger partial charge on any atom is 0.325 e. The van der Waals surface area contributed by atoms with E-state index in [1.807, 2.05) is 10.8 Å². The first-order valence-electron chi connectivity index (χ1n) is 13.1. The fourth-order valence-electron chi connectivity index (χ4n) is 4.50. The van der Waals surface area contributed by atoms with E-state index in [2.05, 4.69) is 4.98 Å². The maximum atomic E-state index is 13.6. The van der Waals surface area contributed by atoms with Crippen molar-refractivity contribution in [3.63, 3.8) is 0 Å². The summed E-state index contributed by atoms with van der Waals surface area (Å²) in [5.74, 6) is -1.59. The highest BCUT2D eigenvalue weighted by Crippen LogP contribution is 2.23. The molecule has 3 rings (SSSR count). The number of aryl methyl sites for hydroxylation is 1. The van der Waals surface area contributed by atoms with Crippen LogP contribution in [0.25, 0.3) is 0 Å². The second kappa shape index (κ2) is 15.6. The third-order valence-electron chi connectivity index (χ3n) is 6.57. The summed E-state index contributed by atoms with van der Waals surface area (Å²) < 4.78 is 12.1. The summed E-state index contributed by atoms with van der Waals surface area (Å²) in [4.78, 5) is 60.8. The van der Waals surface area contributed by atoms with Gasteiger partial charge in [0.05, 0.1) is 32.5 Å². The topological polar surface area (TPSA) is 114 Å². The van der Waals surface area contributed by atoms with Gasteiger partial charge >= 0.3 is 5.97 Å². The molecule has 0 bridgehead atoms. The zero-order valence-electron chi connectivity index (χ0n) is 22.8. The first-order chi connectivity index (χ1) is 19.2. The quantitative estimate of drug-likeness (QED) is 0.290. The number of nitrogens with zero attached hydrogens (tertiary/aromatic N) is 5. The zero-order chi connectivity index (χ0) is 29.1. The van der Waals surface area contributed by atoms with Crippen LogP contribution in [0, 0.1) is 0 Å². The molecule has 11 nitrogen and oxygen atoms in total. The van der Waals surface area contributed by atoms with Gasteiger partial charge in [0, 0.05) is 55.7 Å². The molecule has 1 unspecified atom stereocenters. The molecule has 13 heteroatoms. The number of benzene rings is 1. The summed E-state index contributed by atoms with van der Waals surface area (Å²) in [5.41, 5.74) is 0.791. The molecule has 0 aliphatic carbocycles. The molecule has 2 heterocycles. The van der Waals surface area contributed by atoms with Gasteiger partial charge in [0.2, 0.25) is 17.7 Å². The van der Waals surface area contributed by atoms with Gasteiger partial charge in [0.15, 0.2) is 0 Å². The molecule has 1 aromatic carbocycles. The number of piperazine rings is 1. The van der Waals surface area contributed by atoms with E-state index < -0.39 is 17.9 Å². The smallest absolute Gasteiger partial charge is 0.325 e. The van der Waals surface area contributed by atoms with E-state index in [1.54, 1.807) is 37.6 Å². The number of hydrogen-bond donors (Lipinski definition) is 0. The Kier molecular flexibility index (Phi) is 12.2. The highest BCUT2D eigenvalue weighted by molar-refractivity contribution is 6.35. The summed E-state index contributed by atoms with van der Waals surface area (Å²) in [6, 6.07) is 4.10. The molecular weight excluding hydrogens is 561 g/mol. The van der Waals surface area contributed by atoms with Gasteiger partial charge in [0.25, 0.3) is 0 Å². The minimum absolute atomic E-state index is 0.115. The molecule has 0 spiro atoms. The lowest BCUT2D eigenvalue weighted by molar-refractivity contribution is -0.159. The van der Waals surface area contributed by atoms with Crippen LogP contribution in [0.1, 0.15) is 25.3 Å². The van der Waals surface area contributed by atoms with Gasteiger partial charge in [-0.05, 0) is 37.5 Å². The Hall–Kier alpha value is -3.15. The molecule has 1 aliphatic rings. The van der Waals surface area contributed by atoms with Gasteiger partial charge in [0.1, 0.15) is 12.6 Å². The van der Waals surface area contributed by atoms with Crippen LogP contribution in [-0.2, 0) is 41.6 Å². The second-order valence-corrected chi connectivity index (χ2v) is 10.2. The van der Waals surface area contributed by atoms with E-state index in [0.717, 1.165) is 5.56 Å². The largest absolute Gasteiger partial charge is 0.465 e. The number of ether oxygens (including phenoxy) is 2. The van der Waals surface area contributed by atoms with Crippen molar-refractivity contribution in [2.24, 2.45) is 0 Å². The molecule has 1 aromatic heterocycles. The van der Waals surface area contributed by atoms with Crippen LogP contribution in [0.15, 0.2) is 36.9 Å². The Morgan fingerprint density at radius 1 is 1.18 bits per heavy atom. The van der Waals surface area contributed by atoms with Gasteiger partial charge in [-0.2, -0.15) is 0 Å². The van der Waals surface area contributed by atoms with Crippen LogP contribution in [0.3, 0.4) is 0 Å². The molecule has 2 aromatic rings. The first kappa shape index (κ1) is 31.4. The SMILES string of the molecule is CCOC(=O)CN(CCCn1ccnc1)C(=O)CC1C(=O)N(CCc2ccc(Cl)cc2Cl)CC(=O)N1CCOC. The number of halogens is 2. The minimum atomic E-state index is -1.03. The number of imidazole rings is 1. The number of aromatic nitrogens is 2. The van der Waals surface area contributed by atoms with E-state index in [1.165, 1.54) is 21.8 Å². The number of carbonyl (C=O) groups excluding carboxylic acids is 4. The molecule has 0 saturated carbocycles. The first-order valence-corrected chi connectivity index (χ1v) is 13.9. The van der Waals surface area contributed by atoms with Crippen LogP contribution in [0.2, 0.25) is 10.0 Å². The summed E-state index contributed by atoms with van der Waals surface area (Å²) in [5, 5.41) is 0.977. The van der Waals surface area contributed by atoms with Crippen molar-refractivity contribution in [1.82, 2.24) is 24.3 Å². The van der Waals surface area contributed by atoms with Crippen LogP contribution >= 0.6 is 23.2 Å². The lowest BCUT2D eigenvalue weighted by Crippen LogP contribution is -2.61. The Morgan fingerprint density at radius 3 is 2.65 bits per heavy atom. The molecule has 40 heavy (non-hydrogen) atoms. The number of rotatable bonds is 15. The van der Waals surface area contributed by atoms with Crippen molar-refractivity contribution in [2.75, 3.05) is 53.0 Å². The molecule has 1 saturated heterocycles. The van der Waals surface area contributed by atoms with E-state index in [0.29, 0.717) is 29.4 Å². The average Bonchev–Trinajstić information content (AvgIpc) is 3.43. The fraction of sp³-hybridized carbons (Fsp3) is 0.519. The van der Waals surface area contributed by atoms with Crippen LogP contribution < -0.4 is 0 Å². The minimum Gasteiger partial charge on any atom is -0.465 e. The molecule has 3 amide bonds. The molecule has 218 valence electrons. The monoisotopic (exact) mass is 595 g/mol. The Morgan fingerprint density at radius 2 is 1.98 bits per heavy atom. The third-order valence-corrected chi connectivity index (χ3v) is 7.16. The summed E-state index contributed by atoms with van der Waals surface area (Å²) in [7, 11) is 1.50. The van der Waals surface area contributed by atoms with Gasteiger partial charge in [-0.1, -0.05) is 29.3 Å². The molecule has 1 fully saturated rings.